The Bertz CT molecular complexity index is 517. The van der Waals surface area contributed by atoms with Crippen LogP contribution in [0.1, 0.15) is 58.4 Å². The zero-order valence-corrected chi connectivity index (χ0v) is 13.9. The van der Waals surface area contributed by atoms with Crippen molar-refractivity contribution >= 4 is 5.69 Å². The summed E-state index contributed by atoms with van der Waals surface area (Å²) in [7, 11) is 0. The molecule has 0 aromatic heterocycles. The average molecular weight is 284 g/mol. The zero-order chi connectivity index (χ0) is 15.5. The first-order chi connectivity index (χ1) is 9.91. The average Bonchev–Trinajstić information content (AvgIpc) is 2.48. The van der Waals surface area contributed by atoms with Crippen molar-refractivity contribution in [3.8, 4) is 6.07 Å². The molecule has 0 radical (unpaired) electrons. The van der Waals surface area contributed by atoms with E-state index in [1.54, 1.807) is 0 Å². The molecule has 1 saturated carbocycles. The Kier molecular flexibility index (Phi) is 4.61. The SMILES string of the molecule is CCC(C)(C)C1CCC(C#N)(Nc2cccc(C)c2)CC1. The van der Waals surface area contributed by atoms with Crippen molar-refractivity contribution in [2.45, 2.75) is 65.3 Å². The Labute approximate surface area is 129 Å². The van der Waals surface area contributed by atoms with Crippen molar-refractivity contribution in [2.24, 2.45) is 11.3 Å². The second-order valence-corrected chi connectivity index (χ2v) is 7.30. The quantitative estimate of drug-likeness (QED) is 0.814. The van der Waals surface area contributed by atoms with Crippen molar-refractivity contribution in [3.63, 3.8) is 0 Å². The number of aryl methyl sites for hydroxylation is 1. The Morgan fingerprint density at radius 2 is 2.00 bits per heavy atom. The van der Waals surface area contributed by atoms with E-state index in [1.807, 2.05) is 0 Å². The highest BCUT2D eigenvalue weighted by molar-refractivity contribution is 5.49. The molecule has 0 spiro atoms. The molecule has 2 rings (SSSR count). The van der Waals surface area contributed by atoms with Crippen molar-refractivity contribution in [1.29, 1.82) is 5.26 Å². The molecular weight excluding hydrogens is 256 g/mol. The molecule has 0 amide bonds. The molecule has 0 saturated heterocycles. The maximum Gasteiger partial charge on any atom is 0.125 e. The molecule has 1 N–H and O–H groups in total. The topological polar surface area (TPSA) is 35.8 Å². The van der Waals surface area contributed by atoms with Gasteiger partial charge in [0.2, 0.25) is 0 Å². The van der Waals surface area contributed by atoms with Crippen LogP contribution in [0.2, 0.25) is 0 Å². The van der Waals surface area contributed by atoms with E-state index in [9.17, 15) is 5.26 Å². The van der Waals surface area contributed by atoms with E-state index < -0.39 is 0 Å². The molecule has 21 heavy (non-hydrogen) atoms. The fraction of sp³-hybridized carbons (Fsp3) is 0.632. The number of hydrogen-bond donors (Lipinski definition) is 1. The predicted molar refractivity (Wildman–Crippen MR) is 89.2 cm³/mol. The fourth-order valence-electron chi connectivity index (χ4n) is 3.44. The molecule has 0 aliphatic heterocycles. The number of anilines is 1. The van der Waals surface area contributed by atoms with Crippen LogP contribution in [0.25, 0.3) is 0 Å². The second kappa shape index (κ2) is 6.10. The van der Waals surface area contributed by atoms with E-state index in [2.05, 4.69) is 63.3 Å². The molecule has 0 heterocycles. The Morgan fingerprint density at radius 1 is 1.33 bits per heavy atom. The summed E-state index contributed by atoms with van der Waals surface area (Å²) in [6, 6.07) is 10.9. The van der Waals surface area contributed by atoms with Gasteiger partial charge in [0.15, 0.2) is 0 Å². The maximum absolute atomic E-state index is 9.71. The standard InChI is InChI=1S/C19H28N2/c1-5-18(3,4)16-9-11-19(14-20,12-10-16)21-17-8-6-7-15(2)13-17/h6-8,13,16,21H,5,9-12H2,1-4H3. The van der Waals surface area contributed by atoms with Crippen molar-refractivity contribution in [2.75, 3.05) is 5.32 Å². The third-order valence-corrected chi connectivity index (χ3v) is 5.47. The molecule has 0 atom stereocenters. The number of benzene rings is 1. The van der Waals surface area contributed by atoms with Gasteiger partial charge in [0.05, 0.1) is 6.07 Å². The number of nitriles is 1. The van der Waals surface area contributed by atoms with E-state index in [0.717, 1.165) is 37.3 Å². The van der Waals surface area contributed by atoms with Gasteiger partial charge in [-0.15, -0.1) is 0 Å². The zero-order valence-electron chi connectivity index (χ0n) is 13.9. The Morgan fingerprint density at radius 3 is 2.52 bits per heavy atom. The summed E-state index contributed by atoms with van der Waals surface area (Å²) in [5.41, 5.74) is 2.32. The summed E-state index contributed by atoms with van der Waals surface area (Å²) in [6.07, 6.45) is 5.40. The van der Waals surface area contributed by atoms with Crippen LogP contribution < -0.4 is 5.32 Å². The molecule has 2 nitrogen and oxygen atoms in total. The van der Waals surface area contributed by atoms with Crippen LogP contribution in [-0.2, 0) is 0 Å². The number of nitrogens with one attached hydrogen (secondary N) is 1. The van der Waals surface area contributed by atoms with Crippen LogP contribution in [-0.4, -0.2) is 5.54 Å². The highest BCUT2D eigenvalue weighted by atomic mass is 15.0. The van der Waals surface area contributed by atoms with Gasteiger partial charge in [-0.25, -0.2) is 0 Å². The minimum Gasteiger partial charge on any atom is -0.367 e. The summed E-state index contributed by atoms with van der Waals surface area (Å²) in [5, 5.41) is 13.2. The van der Waals surface area contributed by atoms with Gasteiger partial charge in [0, 0.05) is 5.69 Å². The Balaban J connectivity index is 2.07. The van der Waals surface area contributed by atoms with Gasteiger partial charge >= 0.3 is 0 Å². The normalized spacial score (nSPS) is 26.1. The molecule has 0 bridgehead atoms. The first kappa shape index (κ1) is 15.9. The fourth-order valence-corrected chi connectivity index (χ4v) is 3.44. The van der Waals surface area contributed by atoms with Gasteiger partial charge in [0.25, 0.3) is 0 Å². The van der Waals surface area contributed by atoms with E-state index in [1.165, 1.54) is 12.0 Å². The smallest absolute Gasteiger partial charge is 0.125 e. The predicted octanol–water partition coefficient (Wildman–Crippen LogP) is 5.30. The molecule has 0 unspecified atom stereocenters. The lowest BCUT2D eigenvalue weighted by atomic mass is 9.66. The number of rotatable bonds is 4. The van der Waals surface area contributed by atoms with Crippen LogP contribution in [0, 0.1) is 29.6 Å². The summed E-state index contributed by atoms with van der Waals surface area (Å²) >= 11 is 0. The second-order valence-electron chi connectivity index (χ2n) is 7.30. The van der Waals surface area contributed by atoms with Crippen molar-refractivity contribution in [1.82, 2.24) is 0 Å². The summed E-state index contributed by atoms with van der Waals surface area (Å²) in [4.78, 5) is 0. The van der Waals surface area contributed by atoms with Gasteiger partial charge in [-0.3, -0.25) is 0 Å². The number of nitrogens with zero attached hydrogens (tertiary/aromatic N) is 1. The lowest BCUT2D eigenvalue weighted by molar-refractivity contribution is 0.135. The summed E-state index contributed by atoms with van der Waals surface area (Å²) in [5.74, 6) is 0.739. The molecule has 1 aliphatic rings. The van der Waals surface area contributed by atoms with E-state index in [0.29, 0.717) is 5.41 Å². The molecule has 1 aromatic rings. The molecule has 2 heteroatoms. The van der Waals surface area contributed by atoms with Crippen molar-refractivity contribution in [3.05, 3.63) is 29.8 Å². The van der Waals surface area contributed by atoms with Gasteiger partial charge in [-0.1, -0.05) is 39.3 Å². The Hall–Kier alpha value is -1.49. The molecule has 1 aromatic carbocycles. The highest BCUT2D eigenvalue weighted by Gasteiger charge is 2.39. The maximum atomic E-state index is 9.71. The van der Waals surface area contributed by atoms with Crippen LogP contribution >= 0.6 is 0 Å². The molecule has 1 aliphatic carbocycles. The largest absolute Gasteiger partial charge is 0.367 e. The van der Waals surface area contributed by atoms with Crippen LogP contribution in [0.5, 0.6) is 0 Å². The van der Waals surface area contributed by atoms with Gasteiger partial charge in [0.1, 0.15) is 5.54 Å². The van der Waals surface area contributed by atoms with E-state index in [4.69, 9.17) is 0 Å². The van der Waals surface area contributed by atoms with Crippen LogP contribution in [0.4, 0.5) is 5.69 Å². The minimum atomic E-state index is -0.381. The lowest BCUT2D eigenvalue weighted by Crippen LogP contribution is -2.43. The van der Waals surface area contributed by atoms with Gasteiger partial charge in [-0.2, -0.15) is 5.26 Å². The monoisotopic (exact) mass is 284 g/mol. The van der Waals surface area contributed by atoms with Crippen LogP contribution in [0.3, 0.4) is 0 Å². The van der Waals surface area contributed by atoms with Gasteiger partial charge < -0.3 is 5.32 Å². The number of hydrogen-bond acceptors (Lipinski definition) is 2. The van der Waals surface area contributed by atoms with Crippen molar-refractivity contribution < 1.29 is 0 Å². The summed E-state index contributed by atoms with van der Waals surface area (Å²) < 4.78 is 0. The first-order valence-electron chi connectivity index (χ1n) is 8.17. The molecular formula is C19H28N2. The van der Waals surface area contributed by atoms with E-state index in [-0.39, 0.29) is 5.54 Å². The third-order valence-electron chi connectivity index (χ3n) is 5.47. The van der Waals surface area contributed by atoms with E-state index >= 15 is 0 Å². The minimum absolute atomic E-state index is 0.381. The molecule has 1 fully saturated rings. The summed E-state index contributed by atoms with van der Waals surface area (Å²) in [6.45, 7) is 9.10. The first-order valence-corrected chi connectivity index (χ1v) is 8.17. The van der Waals surface area contributed by atoms with Gasteiger partial charge in [-0.05, 0) is 61.6 Å². The molecule has 114 valence electrons. The lowest BCUT2D eigenvalue weighted by Gasteiger charge is -2.42. The highest BCUT2D eigenvalue weighted by Crippen LogP contribution is 2.44. The van der Waals surface area contributed by atoms with Crippen LogP contribution in [0.15, 0.2) is 24.3 Å². The third kappa shape index (κ3) is 3.59.